The van der Waals surface area contributed by atoms with E-state index >= 15 is 0 Å². The molecule has 0 aliphatic carbocycles. The fraction of sp³-hybridized carbons (Fsp3) is 0.120. The summed E-state index contributed by atoms with van der Waals surface area (Å²) in [7, 11) is 3.08. The maximum absolute atomic E-state index is 12.6. The first-order valence-corrected chi connectivity index (χ1v) is 11.2. The summed E-state index contributed by atoms with van der Waals surface area (Å²) in [4.78, 5) is 12.6. The smallest absolute Gasteiger partial charge is 0.266 e. The van der Waals surface area contributed by atoms with Gasteiger partial charge in [-0.05, 0) is 88.3 Å². The van der Waals surface area contributed by atoms with Crippen molar-refractivity contribution in [3.63, 3.8) is 0 Å². The lowest BCUT2D eigenvalue weighted by Crippen LogP contribution is -2.13. The van der Waals surface area contributed by atoms with Gasteiger partial charge in [-0.3, -0.25) is 4.79 Å². The summed E-state index contributed by atoms with van der Waals surface area (Å²) in [6.45, 7) is 0.397. The molecule has 0 atom stereocenters. The second kappa shape index (κ2) is 11.6. The van der Waals surface area contributed by atoms with Crippen molar-refractivity contribution in [1.82, 2.24) is 0 Å². The molecule has 6 nitrogen and oxygen atoms in total. The van der Waals surface area contributed by atoms with Crippen molar-refractivity contribution >= 4 is 51.9 Å². The fourth-order valence-electron chi connectivity index (χ4n) is 2.92. The highest BCUT2D eigenvalue weighted by molar-refractivity contribution is 14.1. The summed E-state index contributed by atoms with van der Waals surface area (Å²) in [6.07, 6.45) is 1.50. The average Bonchev–Trinajstić information content (AvgIpc) is 2.82. The summed E-state index contributed by atoms with van der Waals surface area (Å²) < 4.78 is 17.2. The van der Waals surface area contributed by atoms with Crippen LogP contribution in [0, 0.1) is 14.9 Å². The van der Waals surface area contributed by atoms with E-state index in [9.17, 15) is 10.1 Å². The molecular formula is C25H20ClIN2O4. The Kier molecular flexibility index (Phi) is 8.58. The van der Waals surface area contributed by atoms with Gasteiger partial charge in [0.2, 0.25) is 0 Å². The molecule has 0 aliphatic heterocycles. The number of nitrogens with zero attached hydrogens (tertiary/aromatic N) is 1. The Morgan fingerprint density at radius 1 is 1.09 bits per heavy atom. The zero-order valence-corrected chi connectivity index (χ0v) is 20.8. The number of hydrogen-bond donors (Lipinski definition) is 1. The highest BCUT2D eigenvalue weighted by atomic mass is 127. The van der Waals surface area contributed by atoms with Crippen molar-refractivity contribution in [2.24, 2.45) is 0 Å². The van der Waals surface area contributed by atoms with Crippen LogP contribution in [0.15, 0.2) is 66.2 Å². The van der Waals surface area contributed by atoms with Gasteiger partial charge >= 0.3 is 0 Å². The van der Waals surface area contributed by atoms with E-state index in [0.717, 1.165) is 9.13 Å². The monoisotopic (exact) mass is 574 g/mol. The number of amides is 1. The first-order chi connectivity index (χ1) is 15.9. The number of benzene rings is 3. The van der Waals surface area contributed by atoms with Crippen LogP contribution in [0.1, 0.15) is 11.1 Å². The van der Waals surface area contributed by atoms with Crippen LogP contribution >= 0.6 is 34.2 Å². The maximum Gasteiger partial charge on any atom is 0.266 e. The standard InChI is InChI=1S/C25H20ClIN2O4/c1-31-23-13-17(12-22(27)24(23)32-2)11-18(14-28)25(30)29-20-7-9-21(10-8-20)33-15-16-3-5-19(26)6-4-16/h3-13H,15H2,1-2H3,(H,29,30)/b18-11+. The molecule has 8 heteroatoms. The number of nitrogens with one attached hydrogen (secondary N) is 1. The van der Waals surface area contributed by atoms with Crippen molar-refractivity contribution < 1.29 is 19.0 Å². The Labute approximate surface area is 210 Å². The molecule has 33 heavy (non-hydrogen) atoms. The molecule has 0 spiro atoms. The van der Waals surface area contributed by atoms with Crippen molar-refractivity contribution in [2.75, 3.05) is 19.5 Å². The van der Waals surface area contributed by atoms with Gasteiger partial charge in [0.25, 0.3) is 5.91 Å². The van der Waals surface area contributed by atoms with Crippen LogP contribution in [0.2, 0.25) is 5.02 Å². The molecule has 0 radical (unpaired) electrons. The number of ether oxygens (including phenoxy) is 3. The second-order valence-electron chi connectivity index (χ2n) is 6.80. The number of anilines is 1. The van der Waals surface area contributed by atoms with Crippen LogP contribution in [0.3, 0.4) is 0 Å². The van der Waals surface area contributed by atoms with Gasteiger partial charge in [-0.25, -0.2) is 0 Å². The molecule has 0 aliphatic rings. The third kappa shape index (κ3) is 6.63. The molecule has 1 N–H and O–H groups in total. The minimum atomic E-state index is -0.517. The predicted octanol–water partition coefficient (Wildman–Crippen LogP) is 6.09. The summed E-state index contributed by atoms with van der Waals surface area (Å²) in [5, 5.41) is 12.9. The van der Waals surface area contributed by atoms with Gasteiger partial charge in [0, 0.05) is 10.7 Å². The molecule has 0 aromatic heterocycles. The Bertz CT molecular complexity index is 1200. The van der Waals surface area contributed by atoms with E-state index in [1.165, 1.54) is 13.2 Å². The summed E-state index contributed by atoms with van der Waals surface area (Å²) >= 11 is 8.00. The van der Waals surface area contributed by atoms with Gasteiger partial charge in [0.15, 0.2) is 11.5 Å². The van der Waals surface area contributed by atoms with Gasteiger partial charge in [-0.1, -0.05) is 23.7 Å². The van der Waals surface area contributed by atoms with Gasteiger partial charge < -0.3 is 19.5 Å². The topological polar surface area (TPSA) is 80.6 Å². The van der Waals surface area contributed by atoms with Crippen LogP contribution in [0.4, 0.5) is 5.69 Å². The number of halogens is 2. The molecule has 3 aromatic carbocycles. The fourth-order valence-corrected chi connectivity index (χ4v) is 3.89. The van der Waals surface area contributed by atoms with Gasteiger partial charge in [-0.2, -0.15) is 5.26 Å². The van der Waals surface area contributed by atoms with Crippen LogP contribution in [0.5, 0.6) is 17.2 Å². The first-order valence-electron chi connectivity index (χ1n) is 9.75. The van der Waals surface area contributed by atoms with E-state index < -0.39 is 5.91 Å². The molecule has 0 saturated carbocycles. The van der Waals surface area contributed by atoms with Crippen molar-refractivity contribution in [3.8, 4) is 23.3 Å². The number of hydrogen-bond acceptors (Lipinski definition) is 5. The van der Waals surface area contributed by atoms with Crippen LogP contribution in [-0.4, -0.2) is 20.1 Å². The van der Waals surface area contributed by atoms with Crippen molar-refractivity contribution in [1.29, 1.82) is 5.26 Å². The molecule has 0 bridgehead atoms. The van der Waals surface area contributed by atoms with E-state index in [1.807, 2.05) is 30.3 Å². The molecule has 1 amide bonds. The quantitative estimate of drug-likeness (QED) is 0.200. The number of rotatable bonds is 8. The van der Waals surface area contributed by atoms with E-state index in [-0.39, 0.29) is 5.57 Å². The summed E-state index contributed by atoms with van der Waals surface area (Å²) in [5.41, 5.74) is 2.14. The highest BCUT2D eigenvalue weighted by Gasteiger charge is 2.13. The largest absolute Gasteiger partial charge is 0.493 e. The Morgan fingerprint density at radius 3 is 2.39 bits per heavy atom. The minimum Gasteiger partial charge on any atom is -0.493 e. The third-order valence-corrected chi connectivity index (χ3v) is 5.62. The number of carbonyl (C=O) groups excluding carboxylic acids is 1. The maximum atomic E-state index is 12.6. The predicted molar refractivity (Wildman–Crippen MR) is 137 cm³/mol. The molecule has 168 valence electrons. The Hall–Kier alpha value is -3.22. The van der Waals surface area contributed by atoms with E-state index in [4.69, 9.17) is 25.8 Å². The normalized spacial score (nSPS) is 10.8. The first kappa shape index (κ1) is 24.4. The Balaban J connectivity index is 1.67. The summed E-state index contributed by atoms with van der Waals surface area (Å²) in [6, 6.07) is 19.8. The third-order valence-electron chi connectivity index (χ3n) is 4.56. The molecule has 0 unspecified atom stereocenters. The minimum absolute atomic E-state index is 0.0407. The van der Waals surface area contributed by atoms with Crippen LogP contribution < -0.4 is 19.5 Å². The SMILES string of the molecule is COc1cc(/C=C(\C#N)C(=O)Nc2ccc(OCc3ccc(Cl)cc3)cc2)cc(I)c1OC. The Morgan fingerprint density at radius 2 is 1.79 bits per heavy atom. The lowest BCUT2D eigenvalue weighted by atomic mass is 10.1. The highest BCUT2D eigenvalue weighted by Crippen LogP contribution is 2.34. The van der Waals surface area contributed by atoms with E-state index in [2.05, 4.69) is 27.9 Å². The van der Waals surface area contributed by atoms with Crippen LogP contribution in [0.25, 0.3) is 6.08 Å². The number of nitriles is 1. The van der Waals surface area contributed by atoms with Crippen molar-refractivity contribution in [3.05, 3.63) is 86.0 Å². The zero-order valence-electron chi connectivity index (χ0n) is 17.9. The molecule has 0 saturated heterocycles. The molecule has 0 heterocycles. The summed E-state index contributed by atoms with van der Waals surface area (Å²) in [5.74, 6) is 1.25. The molecule has 0 fully saturated rings. The average molecular weight is 575 g/mol. The molecule has 3 aromatic rings. The number of carbonyl (C=O) groups is 1. The lowest BCUT2D eigenvalue weighted by Gasteiger charge is -2.11. The lowest BCUT2D eigenvalue weighted by molar-refractivity contribution is -0.112. The van der Waals surface area contributed by atoms with E-state index in [1.54, 1.807) is 43.5 Å². The van der Waals surface area contributed by atoms with E-state index in [0.29, 0.717) is 40.1 Å². The zero-order chi connectivity index (χ0) is 23.8. The van der Waals surface area contributed by atoms with Gasteiger partial charge in [0.1, 0.15) is 24.0 Å². The van der Waals surface area contributed by atoms with Crippen molar-refractivity contribution in [2.45, 2.75) is 6.61 Å². The van der Waals surface area contributed by atoms with Gasteiger partial charge in [0.05, 0.1) is 17.8 Å². The van der Waals surface area contributed by atoms with Gasteiger partial charge in [-0.15, -0.1) is 0 Å². The molecular weight excluding hydrogens is 555 g/mol. The van der Waals surface area contributed by atoms with Crippen LogP contribution in [-0.2, 0) is 11.4 Å². The number of methoxy groups -OCH3 is 2. The molecule has 3 rings (SSSR count). The second-order valence-corrected chi connectivity index (χ2v) is 8.40.